The van der Waals surface area contributed by atoms with Crippen LogP contribution in [-0.2, 0) is 4.79 Å². The highest BCUT2D eigenvalue weighted by Gasteiger charge is 2.18. The van der Waals surface area contributed by atoms with E-state index in [0.29, 0.717) is 11.3 Å². The van der Waals surface area contributed by atoms with Crippen molar-refractivity contribution in [2.45, 2.75) is 25.2 Å². The summed E-state index contributed by atoms with van der Waals surface area (Å²) in [6, 6.07) is 12.6. The van der Waals surface area contributed by atoms with E-state index in [1.54, 1.807) is 43.3 Å². The van der Waals surface area contributed by atoms with E-state index in [1.165, 1.54) is 19.1 Å². The van der Waals surface area contributed by atoms with Crippen molar-refractivity contribution in [2.24, 2.45) is 0 Å². The second-order valence-electron chi connectivity index (χ2n) is 6.07. The maximum absolute atomic E-state index is 13.7. The molecule has 2 aromatic carbocycles. The van der Waals surface area contributed by atoms with Gasteiger partial charge in [0.15, 0.2) is 23.5 Å². The third-order valence-corrected chi connectivity index (χ3v) is 4.63. The van der Waals surface area contributed by atoms with E-state index in [1.807, 2.05) is 0 Å². The molecular formula is C20H18FN3O4S. The molecule has 0 aliphatic carbocycles. The van der Waals surface area contributed by atoms with Gasteiger partial charge in [0.25, 0.3) is 11.1 Å². The van der Waals surface area contributed by atoms with Crippen LogP contribution in [0.15, 0.2) is 58.2 Å². The van der Waals surface area contributed by atoms with Crippen LogP contribution in [0.2, 0.25) is 0 Å². The van der Waals surface area contributed by atoms with Gasteiger partial charge in [-0.05, 0) is 50.2 Å². The fourth-order valence-corrected chi connectivity index (χ4v) is 2.91. The molecule has 1 atom stereocenters. The lowest BCUT2D eigenvalue weighted by atomic mass is 10.1. The lowest BCUT2D eigenvalue weighted by molar-refractivity contribution is -0.113. The molecule has 0 unspecified atom stereocenters. The van der Waals surface area contributed by atoms with Crippen molar-refractivity contribution in [1.82, 2.24) is 10.2 Å². The van der Waals surface area contributed by atoms with Crippen molar-refractivity contribution in [1.29, 1.82) is 0 Å². The number of halogens is 1. The topological polar surface area (TPSA) is 94.3 Å². The molecule has 29 heavy (non-hydrogen) atoms. The zero-order chi connectivity index (χ0) is 20.8. The number of carbonyl (C=O) groups excluding carboxylic acids is 2. The first-order chi connectivity index (χ1) is 13.9. The number of hydrogen-bond acceptors (Lipinski definition) is 7. The number of ketones is 1. The Balaban J connectivity index is 1.51. The van der Waals surface area contributed by atoms with Crippen LogP contribution in [0, 0.1) is 5.82 Å². The van der Waals surface area contributed by atoms with Crippen molar-refractivity contribution < 1.29 is 23.1 Å². The van der Waals surface area contributed by atoms with E-state index in [9.17, 15) is 14.0 Å². The van der Waals surface area contributed by atoms with Crippen LogP contribution in [0.25, 0.3) is 0 Å². The number of aromatic nitrogens is 2. The van der Waals surface area contributed by atoms with Crippen LogP contribution in [0.3, 0.4) is 0 Å². The first kappa shape index (κ1) is 20.5. The summed E-state index contributed by atoms with van der Waals surface area (Å²) in [4.78, 5) is 23.3. The van der Waals surface area contributed by atoms with Gasteiger partial charge in [-0.15, -0.1) is 10.2 Å². The van der Waals surface area contributed by atoms with E-state index < -0.39 is 11.9 Å². The van der Waals surface area contributed by atoms with Gasteiger partial charge in [0.1, 0.15) is 0 Å². The molecule has 0 saturated carbocycles. The Morgan fingerprint density at radius 2 is 1.90 bits per heavy atom. The number of benzene rings is 2. The zero-order valence-electron chi connectivity index (χ0n) is 15.7. The molecule has 1 N–H and O–H groups in total. The molecule has 0 radical (unpaired) electrons. The summed E-state index contributed by atoms with van der Waals surface area (Å²) in [5.41, 5.74) is 1.15. The van der Waals surface area contributed by atoms with Gasteiger partial charge in [0.05, 0.1) is 5.75 Å². The van der Waals surface area contributed by atoms with Gasteiger partial charge in [-0.25, -0.2) is 4.39 Å². The number of carbonyl (C=O) groups is 2. The summed E-state index contributed by atoms with van der Waals surface area (Å²) in [5.74, 6) is -0.474. The van der Waals surface area contributed by atoms with Crippen molar-refractivity contribution in [3.05, 3.63) is 65.8 Å². The number of rotatable bonds is 8. The van der Waals surface area contributed by atoms with E-state index in [2.05, 4.69) is 15.5 Å². The van der Waals surface area contributed by atoms with Crippen LogP contribution < -0.4 is 10.1 Å². The number of anilines is 1. The Morgan fingerprint density at radius 3 is 2.59 bits per heavy atom. The molecule has 0 fully saturated rings. The number of nitrogens with one attached hydrogen (secondary N) is 1. The lowest BCUT2D eigenvalue weighted by Crippen LogP contribution is -2.14. The average Bonchev–Trinajstić information content (AvgIpc) is 3.18. The number of nitrogens with zero attached hydrogens (tertiary/aromatic N) is 2. The number of amides is 1. The number of para-hydroxylation sites is 1. The molecule has 1 aromatic heterocycles. The van der Waals surface area contributed by atoms with E-state index >= 15 is 0 Å². The Bertz CT molecular complexity index is 1010. The van der Waals surface area contributed by atoms with Gasteiger partial charge in [0.2, 0.25) is 5.91 Å². The normalized spacial score (nSPS) is 11.7. The van der Waals surface area contributed by atoms with Crippen LogP contribution in [0.1, 0.15) is 36.2 Å². The molecule has 9 heteroatoms. The molecule has 0 spiro atoms. The molecule has 0 saturated heterocycles. The molecule has 1 heterocycles. The molecule has 7 nitrogen and oxygen atoms in total. The van der Waals surface area contributed by atoms with Crippen LogP contribution in [0.5, 0.6) is 5.75 Å². The second-order valence-corrected chi connectivity index (χ2v) is 6.99. The Labute approximate surface area is 170 Å². The minimum absolute atomic E-state index is 0.0427. The van der Waals surface area contributed by atoms with E-state index in [-0.39, 0.29) is 34.3 Å². The molecule has 150 valence electrons. The molecule has 1 amide bonds. The maximum atomic E-state index is 13.7. The summed E-state index contributed by atoms with van der Waals surface area (Å²) in [7, 11) is 0. The Hall–Kier alpha value is -3.20. The van der Waals surface area contributed by atoms with Crippen molar-refractivity contribution in [3.8, 4) is 5.75 Å². The quantitative estimate of drug-likeness (QED) is 0.433. The maximum Gasteiger partial charge on any atom is 0.277 e. The number of ether oxygens (including phenoxy) is 1. The third-order valence-electron chi connectivity index (χ3n) is 3.81. The van der Waals surface area contributed by atoms with Gasteiger partial charge in [-0.2, -0.15) is 0 Å². The van der Waals surface area contributed by atoms with Crippen LogP contribution in [-0.4, -0.2) is 27.6 Å². The van der Waals surface area contributed by atoms with E-state index in [4.69, 9.17) is 9.15 Å². The highest BCUT2D eigenvalue weighted by molar-refractivity contribution is 7.99. The summed E-state index contributed by atoms with van der Waals surface area (Å²) < 4.78 is 24.6. The lowest BCUT2D eigenvalue weighted by Gasteiger charge is -2.11. The predicted octanol–water partition coefficient (Wildman–Crippen LogP) is 4.28. The first-order valence-corrected chi connectivity index (χ1v) is 9.69. The van der Waals surface area contributed by atoms with Gasteiger partial charge in [-0.3, -0.25) is 9.59 Å². The van der Waals surface area contributed by atoms with Crippen molar-refractivity contribution in [2.75, 3.05) is 11.1 Å². The summed E-state index contributed by atoms with van der Waals surface area (Å²) >= 11 is 1.07. The largest absolute Gasteiger partial charge is 0.478 e. The van der Waals surface area contributed by atoms with Gasteiger partial charge in [-0.1, -0.05) is 23.9 Å². The fraction of sp³-hybridized carbons (Fsp3) is 0.200. The SMILES string of the molecule is CC(=O)c1ccc(NC(=O)CSc2nnc([C@@H](C)Oc3ccccc3F)o2)cc1. The third kappa shape index (κ3) is 5.64. The van der Waals surface area contributed by atoms with Crippen LogP contribution >= 0.6 is 11.8 Å². The monoisotopic (exact) mass is 415 g/mol. The summed E-state index contributed by atoms with van der Waals surface area (Å²) in [6.45, 7) is 3.14. The van der Waals surface area contributed by atoms with E-state index in [0.717, 1.165) is 11.8 Å². The smallest absolute Gasteiger partial charge is 0.277 e. The Kier molecular flexibility index (Phi) is 6.61. The highest BCUT2D eigenvalue weighted by atomic mass is 32.2. The first-order valence-electron chi connectivity index (χ1n) is 8.70. The molecule has 3 rings (SSSR count). The summed E-state index contributed by atoms with van der Waals surface area (Å²) in [5, 5.41) is 10.7. The summed E-state index contributed by atoms with van der Waals surface area (Å²) in [6.07, 6.45) is -0.651. The standard InChI is InChI=1S/C20H18FN3O4S/c1-12(25)14-7-9-15(10-8-14)22-18(26)11-29-20-24-23-19(28-20)13(2)27-17-6-4-3-5-16(17)21/h3-10,13H,11H2,1-2H3,(H,22,26)/t13-/m1/s1. The molecule has 0 aliphatic rings. The average molecular weight is 415 g/mol. The number of hydrogen-bond donors (Lipinski definition) is 1. The second kappa shape index (κ2) is 9.33. The molecule has 0 aliphatic heterocycles. The van der Waals surface area contributed by atoms with Gasteiger partial charge < -0.3 is 14.5 Å². The minimum atomic E-state index is -0.651. The van der Waals surface area contributed by atoms with Crippen molar-refractivity contribution >= 4 is 29.1 Å². The molecule has 0 bridgehead atoms. The number of thioether (sulfide) groups is 1. The van der Waals surface area contributed by atoms with Gasteiger partial charge in [0, 0.05) is 11.3 Å². The highest BCUT2D eigenvalue weighted by Crippen LogP contribution is 2.25. The zero-order valence-corrected chi connectivity index (χ0v) is 16.5. The Morgan fingerprint density at radius 1 is 1.17 bits per heavy atom. The van der Waals surface area contributed by atoms with Crippen molar-refractivity contribution in [3.63, 3.8) is 0 Å². The van der Waals surface area contributed by atoms with Gasteiger partial charge >= 0.3 is 0 Å². The molecular weight excluding hydrogens is 397 g/mol. The van der Waals surface area contributed by atoms with Crippen LogP contribution in [0.4, 0.5) is 10.1 Å². The fourth-order valence-electron chi connectivity index (χ4n) is 2.34. The minimum Gasteiger partial charge on any atom is -0.478 e. The number of Topliss-reactive ketones (excluding diaryl/α,β-unsaturated/α-hetero) is 1. The predicted molar refractivity (Wildman–Crippen MR) is 106 cm³/mol. The molecule has 3 aromatic rings.